The maximum atomic E-state index is 12.3. The topological polar surface area (TPSA) is 102 Å². The van der Waals surface area contributed by atoms with Crippen LogP contribution in [0.3, 0.4) is 0 Å². The van der Waals surface area contributed by atoms with Crippen LogP contribution in [-0.4, -0.2) is 48.8 Å². The monoisotopic (exact) mass is 684 g/mol. The maximum Gasteiger partial charge on any atom is 0.305 e. The lowest BCUT2D eigenvalue weighted by molar-refractivity contribution is -0.148. The molecule has 0 atom stereocenters. The van der Waals surface area contributed by atoms with E-state index in [2.05, 4.69) is 92.1 Å². The molecule has 0 unspecified atom stereocenters. The minimum atomic E-state index is -0.918. The number of carboxylic acid groups (broad SMARTS) is 1. The number of ether oxygens (including phenoxy) is 2. The second-order valence-electron chi connectivity index (χ2n) is 12.4. The molecular formula is C42H69NO6. The van der Waals surface area contributed by atoms with Crippen molar-refractivity contribution in [2.24, 2.45) is 0 Å². The summed E-state index contributed by atoms with van der Waals surface area (Å²) in [7, 11) is 0. The Hall–Kier alpha value is -3.19. The molecule has 0 saturated heterocycles. The fraction of sp³-hybridized carbons (Fsp3) is 0.643. The van der Waals surface area contributed by atoms with Crippen molar-refractivity contribution < 1.29 is 29.0 Å². The van der Waals surface area contributed by atoms with Crippen LogP contribution in [0.2, 0.25) is 0 Å². The van der Waals surface area contributed by atoms with Gasteiger partial charge in [-0.15, -0.1) is 0 Å². The number of allylic oxidation sites excluding steroid dienone is 12. The molecular weight excluding hydrogens is 614 g/mol. The van der Waals surface area contributed by atoms with Crippen LogP contribution >= 0.6 is 0 Å². The Labute approximate surface area is 299 Å². The molecule has 49 heavy (non-hydrogen) atoms. The van der Waals surface area contributed by atoms with Gasteiger partial charge in [0.2, 0.25) is 0 Å². The fourth-order valence-electron chi connectivity index (χ4n) is 4.86. The number of hydrogen-bond acceptors (Lipinski definition) is 6. The highest BCUT2D eigenvalue weighted by atomic mass is 16.5. The van der Waals surface area contributed by atoms with Crippen molar-refractivity contribution >= 4 is 17.9 Å². The quantitative estimate of drug-likeness (QED) is 0.0395. The van der Waals surface area contributed by atoms with E-state index in [9.17, 15) is 14.4 Å². The zero-order valence-electron chi connectivity index (χ0n) is 31.0. The largest absolute Gasteiger partial charge is 0.481 e. The summed E-state index contributed by atoms with van der Waals surface area (Å²) >= 11 is 0. The third-order valence-electron chi connectivity index (χ3n) is 7.73. The second-order valence-corrected chi connectivity index (χ2v) is 12.4. The van der Waals surface area contributed by atoms with E-state index >= 15 is 0 Å². The van der Waals surface area contributed by atoms with Crippen molar-refractivity contribution in [3.63, 3.8) is 0 Å². The normalized spacial score (nSPS) is 12.3. The zero-order valence-corrected chi connectivity index (χ0v) is 31.0. The Kier molecular flexibility index (Phi) is 35.2. The van der Waals surface area contributed by atoms with Gasteiger partial charge in [-0.2, -0.15) is 0 Å². The molecule has 0 radical (unpaired) electrons. The Morgan fingerprint density at radius 3 is 1.29 bits per heavy atom. The van der Waals surface area contributed by atoms with Gasteiger partial charge >= 0.3 is 17.9 Å². The minimum Gasteiger partial charge on any atom is -0.481 e. The SMILES string of the molecule is CC/C=C\C/C=C\C/C=C\CCCCCCCC(=O)OCC(COC(=O)CCCCCCC/C=C\C/C=C\C/C=C\CC)NCCC(=O)O. The molecule has 0 aromatic carbocycles. The summed E-state index contributed by atoms with van der Waals surface area (Å²) in [6, 6.07) is -0.435. The third kappa shape index (κ3) is 37.5. The van der Waals surface area contributed by atoms with Gasteiger partial charge in [-0.25, -0.2) is 0 Å². The van der Waals surface area contributed by atoms with Gasteiger partial charge in [-0.05, 0) is 77.0 Å². The van der Waals surface area contributed by atoms with Crippen molar-refractivity contribution in [3.05, 3.63) is 72.9 Å². The van der Waals surface area contributed by atoms with Gasteiger partial charge in [-0.1, -0.05) is 125 Å². The number of carbonyl (C=O) groups excluding carboxylic acids is 2. The predicted octanol–water partition coefficient (Wildman–Crippen LogP) is 10.7. The summed E-state index contributed by atoms with van der Waals surface area (Å²) in [4.78, 5) is 35.5. The minimum absolute atomic E-state index is 0.0454. The highest BCUT2D eigenvalue weighted by molar-refractivity contribution is 5.70. The second kappa shape index (κ2) is 37.6. The lowest BCUT2D eigenvalue weighted by atomic mass is 10.1. The van der Waals surface area contributed by atoms with E-state index in [1.807, 2.05) is 0 Å². The summed E-state index contributed by atoms with van der Waals surface area (Å²) in [5, 5.41) is 12.0. The van der Waals surface area contributed by atoms with Gasteiger partial charge in [0, 0.05) is 19.4 Å². The van der Waals surface area contributed by atoms with E-state index in [4.69, 9.17) is 14.6 Å². The fourth-order valence-corrected chi connectivity index (χ4v) is 4.86. The van der Waals surface area contributed by atoms with E-state index in [0.717, 1.165) is 116 Å². The standard InChI is InChI=1S/C42H69NO6/c1-3-5-7-9-11-13-15-17-19-21-23-25-27-29-31-33-41(46)48-37-39(43-36-35-40(44)45)38-49-42(47)34-32-30-28-26-24-22-20-18-16-14-12-10-8-6-4-2/h5-8,11-14,17-20,39,43H,3-4,9-10,15-16,21-38H2,1-2H3,(H,44,45)/b7-5-,8-6-,13-11-,14-12-,19-17-,20-18-. The average Bonchev–Trinajstić information content (AvgIpc) is 3.09. The zero-order chi connectivity index (χ0) is 35.9. The number of carbonyl (C=O) groups is 3. The van der Waals surface area contributed by atoms with E-state index in [1.54, 1.807) is 0 Å². The Morgan fingerprint density at radius 2 is 0.878 bits per heavy atom. The smallest absolute Gasteiger partial charge is 0.305 e. The summed E-state index contributed by atoms with van der Waals surface area (Å²) in [6.07, 6.45) is 45.8. The number of esters is 2. The van der Waals surface area contributed by atoms with Crippen LogP contribution in [0, 0.1) is 0 Å². The van der Waals surface area contributed by atoms with Crippen LogP contribution in [0.4, 0.5) is 0 Å². The lowest BCUT2D eigenvalue weighted by Gasteiger charge is -2.18. The molecule has 0 aliphatic carbocycles. The van der Waals surface area contributed by atoms with Crippen LogP contribution in [0.1, 0.15) is 149 Å². The molecule has 0 aliphatic rings. The summed E-state index contributed by atoms with van der Waals surface area (Å²) in [5.74, 6) is -1.47. The van der Waals surface area contributed by atoms with Crippen LogP contribution < -0.4 is 5.32 Å². The van der Waals surface area contributed by atoms with Crippen LogP contribution in [0.25, 0.3) is 0 Å². The molecule has 0 saturated carbocycles. The van der Waals surface area contributed by atoms with Crippen molar-refractivity contribution in [1.29, 1.82) is 0 Å². The van der Waals surface area contributed by atoms with Gasteiger partial charge < -0.3 is 19.9 Å². The predicted molar refractivity (Wildman–Crippen MR) is 204 cm³/mol. The third-order valence-corrected chi connectivity index (χ3v) is 7.73. The average molecular weight is 684 g/mol. The first-order valence-electron chi connectivity index (χ1n) is 19.2. The Bertz CT molecular complexity index is 910. The molecule has 0 spiro atoms. The molecule has 0 bridgehead atoms. The maximum absolute atomic E-state index is 12.3. The molecule has 278 valence electrons. The molecule has 0 aromatic heterocycles. The van der Waals surface area contributed by atoms with E-state index in [-0.39, 0.29) is 38.1 Å². The lowest BCUT2D eigenvalue weighted by Crippen LogP contribution is -2.40. The number of unbranched alkanes of at least 4 members (excludes halogenated alkanes) is 10. The van der Waals surface area contributed by atoms with E-state index in [0.29, 0.717) is 12.8 Å². The first-order chi connectivity index (χ1) is 24.0. The molecule has 0 aliphatic heterocycles. The van der Waals surface area contributed by atoms with Crippen molar-refractivity contribution in [2.75, 3.05) is 19.8 Å². The highest BCUT2D eigenvalue weighted by Gasteiger charge is 2.15. The summed E-state index contributed by atoms with van der Waals surface area (Å²) in [6.45, 7) is 4.58. The highest BCUT2D eigenvalue weighted by Crippen LogP contribution is 2.10. The molecule has 0 amide bonds. The first kappa shape index (κ1) is 45.8. The molecule has 7 heteroatoms. The molecule has 7 nitrogen and oxygen atoms in total. The number of carboxylic acids is 1. The molecule has 0 aromatic rings. The van der Waals surface area contributed by atoms with E-state index in [1.165, 1.54) is 0 Å². The van der Waals surface area contributed by atoms with Crippen LogP contribution in [0.5, 0.6) is 0 Å². The first-order valence-corrected chi connectivity index (χ1v) is 19.2. The van der Waals surface area contributed by atoms with Crippen LogP contribution in [0.15, 0.2) is 72.9 Å². The molecule has 2 N–H and O–H groups in total. The number of rotatable bonds is 34. The Morgan fingerprint density at radius 1 is 0.510 bits per heavy atom. The summed E-state index contributed by atoms with van der Waals surface area (Å²) < 4.78 is 10.9. The molecule has 0 heterocycles. The molecule has 0 rings (SSSR count). The van der Waals surface area contributed by atoms with Gasteiger partial charge in [-0.3, -0.25) is 14.4 Å². The van der Waals surface area contributed by atoms with E-state index < -0.39 is 12.0 Å². The van der Waals surface area contributed by atoms with Gasteiger partial charge in [0.25, 0.3) is 0 Å². The Balaban J connectivity index is 4.00. The van der Waals surface area contributed by atoms with Crippen molar-refractivity contribution in [3.8, 4) is 0 Å². The number of aliphatic carboxylic acids is 1. The van der Waals surface area contributed by atoms with Crippen LogP contribution in [-0.2, 0) is 23.9 Å². The summed E-state index contributed by atoms with van der Waals surface area (Å²) in [5.41, 5.74) is 0. The van der Waals surface area contributed by atoms with Gasteiger partial charge in [0.1, 0.15) is 13.2 Å². The molecule has 0 fully saturated rings. The number of hydrogen-bond donors (Lipinski definition) is 2. The van der Waals surface area contributed by atoms with Crippen molar-refractivity contribution in [2.45, 2.75) is 155 Å². The number of nitrogens with one attached hydrogen (secondary N) is 1. The van der Waals surface area contributed by atoms with Gasteiger partial charge in [0.05, 0.1) is 12.5 Å². The van der Waals surface area contributed by atoms with Gasteiger partial charge in [0.15, 0.2) is 0 Å². The van der Waals surface area contributed by atoms with Crippen molar-refractivity contribution in [1.82, 2.24) is 5.32 Å².